The number of amides is 2. The molecule has 0 unspecified atom stereocenters. The average molecular weight is 301 g/mol. The van der Waals surface area contributed by atoms with Crippen LogP contribution in [0.1, 0.15) is 25.7 Å². The molecule has 0 bridgehead atoms. The van der Waals surface area contributed by atoms with Gasteiger partial charge in [0.15, 0.2) is 0 Å². The summed E-state index contributed by atoms with van der Waals surface area (Å²) in [7, 11) is 0. The summed E-state index contributed by atoms with van der Waals surface area (Å²) in [5, 5.41) is 19.3. The van der Waals surface area contributed by atoms with Crippen LogP contribution < -0.4 is 11.1 Å². The van der Waals surface area contributed by atoms with Crippen LogP contribution in [-0.4, -0.2) is 64.0 Å². The number of carbonyl (C=O) groups excluding carboxylic acids is 2. The smallest absolute Gasteiger partial charge is 0.322 e. The number of nitrogens with one attached hydrogen (secondary N) is 1. The molecule has 1 fully saturated rings. The minimum absolute atomic E-state index is 0.00582. The molecule has 5 N–H and O–H groups in total. The molecule has 0 aromatic carbocycles. The summed E-state index contributed by atoms with van der Waals surface area (Å²) >= 11 is 0. The van der Waals surface area contributed by atoms with Crippen molar-refractivity contribution in [3.05, 3.63) is 0 Å². The minimum Gasteiger partial charge on any atom is -0.481 e. The molecule has 1 saturated heterocycles. The molecule has 0 spiro atoms. The number of likely N-dealkylation sites (tertiary alicyclic amines) is 1. The lowest BCUT2D eigenvalue weighted by atomic mass is 10.1. The van der Waals surface area contributed by atoms with Gasteiger partial charge in [-0.1, -0.05) is 0 Å². The van der Waals surface area contributed by atoms with Gasteiger partial charge in [-0.2, -0.15) is 0 Å². The monoisotopic (exact) mass is 301 g/mol. The zero-order valence-electron chi connectivity index (χ0n) is 11.4. The van der Waals surface area contributed by atoms with Crippen molar-refractivity contribution in [2.24, 2.45) is 5.73 Å². The van der Waals surface area contributed by atoms with Crippen LogP contribution in [0.2, 0.25) is 0 Å². The highest BCUT2D eigenvalue weighted by molar-refractivity contribution is 5.91. The highest BCUT2D eigenvalue weighted by Gasteiger charge is 2.36. The quantitative estimate of drug-likeness (QED) is 0.441. The molecule has 0 aliphatic carbocycles. The van der Waals surface area contributed by atoms with Gasteiger partial charge in [-0.05, 0) is 19.3 Å². The van der Waals surface area contributed by atoms with Gasteiger partial charge in [0.1, 0.15) is 12.6 Å². The summed E-state index contributed by atoms with van der Waals surface area (Å²) in [5.74, 6) is -3.23. The fraction of sp³-hybridized carbons (Fsp3) is 0.667. The molecule has 9 heteroatoms. The third-order valence-electron chi connectivity index (χ3n) is 3.24. The van der Waals surface area contributed by atoms with Gasteiger partial charge >= 0.3 is 11.9 Å². The number of aliphatic carboxylic acids is 2. The average Bonchev–Trinajstić information content (AvgIpc) is 2.90. The molecule has 118 valence electrons. The van der Waals surface area contributed by atoms with Crippen molar-refractivity contribution in [3.8, 4) is 0 Å². The molecule has 1 aliphatic rings. The number of hydrogen-bond donors (Lipinski definition) is 4. The van der Waals surface area contributed by atoms with Crippen molar-refractivity contribution in [2.45, 2.75) is 37.8 Å². The van der Waals surface area contributed by atoms with Crippen LogP contribution in [0.15, 0.2) is 0 Å². The predicted octanol–water partition coefficient (Wildman–Crippen LogP) is -1.63. The molecule has 2 amide bonds. The summed E-state index contributed by atoms with van der Waals surface area (Å²) in [6.07, 6.45) is 0.816. The molecule has 0 radical (unpaired) electrons. The Morgan fingerprint density at radius 3 is 2.48 bits per heavy atom. The summed E-state index contributed by atoms with van der Waals surface area (Å²) in [4.78, 5) is 46.2. The van der Waals surface area contributed by atoms with E-state index in [-0.39, 0.29) is 12.8 Å². The summed E-state index contributed by atoms with van der Waals surface area (Å²) in [6, 6.07) is -1.72. The van der Waals surface area contributed by atoms with E-state index < -0.39 is 42.4 Å². The van der Waals surface area contributed by atoms with Crippen molar-refractivity contribution in [1.82, 2.24) is 10.2 Å². The lowest BCUT2D eigenvalue weighted by Crippen LogP contribution is -2.51. The van der Waals surface area contributed by atoms with Crippen molar-refractivity contribution >= 4 is 23.8 Å². The van der Waals surface area contributed by atoms with Gasteiger partial charge in [-0.15, -0.1) is 0 Å². The second-order valence-corrected chi connectivity index (χ2v) is 4.84. The maximum absolute atomic E-state index is 12.1. The molecule has 0 aromatic rings. The first-order valence-corrected chi connectivity index (χ1v) is 6.60. The van der Waals surface area contributed by atoms with Crippen molar-refractivity contribution in [1.29, 1.82) is 0 Å². The molecular formula is C12H19N3O6. The number of rotatable bonds is 7. The van der Waals surface area contributed by atoms with E-state index in [1.165, 1.54) is 4.90 Å². The molecule has 1 aliphatic heterocycles. The summed E-state index contributed by atoms with van der Waals surface area (Å²) in [6.45, 7) is -0.160. The highest BCUT2D eigenvalue weighted by atomic mass is 16.4. The van der Waals surface area contributed by atoms with Crippen LogP contribution in [-0.2, 0) is 19.2 Å². The van der Waals surface area contributed by atoms with Gasteiger partial charge in [-0.25, -0.2) is 0 Å². The van der Waals surface area contributed by atoms with Crippen LogP contribution >= 0.6 is 0 Å². The first-order chi connectivity index (χ1) is 9.82. The SMILES string of the molecule is N[C@@H](CCC(=O)O)C(=O)N1CCC[C@H]1C(=O)NCC(=O)O. The van der Waals surface area contributed by atoms with Crippen LogP contribution in [0.5, 0.6) is 0 Å². The Morgan fingerprint density at radius 2 is 1.90 bits per heavy atom. The van der Waals surface area contributed by atoms with E-state index in [9.17, 15) is 19.2 Å². The zero-order chi connectivity index (χ0) is 16.0. The topological polar surface area (TPSA) is 150 Å². The molecule has 0 aromatic heterocycles. The van der Waals surface area contributed by atoms with E-state index in [0.29, 0.717) is 19.4 Å². The minimum atomic E-state index is -1.17. The lowest BCUT2D eigenvalue weighted by Gasteiger charge is -2.26. The molecule has 2 atom stereocenters. The molecule has 1 rings (SSSR count). The van der Waals surface area contributed by atoms with Crippen LogP contribution in [0.4, 0.5) is 0 Å². The van der Waals surface area contributed by atoms with E-state index >= 15 is 0 Å². The van der Waals surface area contributed by atoms with Gasteiger partial charge in [-0.3, -0.25) is 19.2 Å². The Morgan fingerprint density at radius 1 is 1.24 bits per heavy atom. The van der Waals surface area contributed by atoms with Gasteiger partial charge in [0, 0.05) is 13.0 Å². The van der Waals surface area contributed by atoms with Crippen LogP contribution in [0.3, 0.4) is 0 Å². The number of carbonyl (C=O) groups is 4. The van der Waals surface area contributed by atoms with E-state index in [4.69, 9.17) is 15.9 Å². The Balaban J connectivity index is 2.59. The van der Waals surface area contributed by atoms with Gasteiger partial charge in [0.05, 0.1) is 6.04 Å². The fourth-order valence-corrected chi connectivity index (χ4v) is 2.20. The predicted molar refractivity (Wildman–Crippen MR) is 70.2 cm³/mol. The second kappa shape index (κ2) is 7.58. The Kier molecular flexibility index (Phi) is 6.10. The Bertz CT molecular complexity index is 439. The molecule has 21 heavy (non-hydrogen) atoms. The highest BCUT2D eigenvalue weighted by Crippen LogP contribution is 2.19. The van der Waals surface area contributed by atoms with Crippen molar-refractivity contribution in [3.63, 3.8) is 0 Å². The Labute approximate surface area is 121 Å². The summed E-state index contributed by atoms with van der Waals surface area (Å²) < 4.78 is 0. The van der Waals surface area contributed by atoms with Gasteiger partial charge < -0.3 is 26.2 Å². The van der Waals surface area contributed by atoms with Gasteiger partial charge in [0.2, 0.25) is 11.8 Å². The van der Waals surface area contributed by atoms with Gasteiger partial charge in [0.25, 0.3) is 0 Å². The third-order valence-corrected chi connectivity index (χ3v) is 3.24. The molecular weight excluding hydrogens is 282 g/mol. The number of carboxylic acid groups (broad SMARTS) is 2. The zero-order valence-corrected chi connectivity index (χ0v) is 11.4. The maximum atomic E-state index is 12.1. The number of nitrogens with two attached hydrogens (primary N) is 1. The molecule has 0 saturated carbocycles. The molecule has 9 nitrogen and oxygen atoms in total. The fourth-order valence-electron chi connectivity index (χ4n) is 2.20. The van der Waals surface area contributed by atoms with E-state index in [1.807, 2.05) is 0 Å². The number of nitrogens with zero attached hydrogens (tertiary/aromatic N) is 1. The standard InChI is InChI=1S/C12H19N3O6/c13-7(3-4-9(16)17)12(21)15-5-1-2-8(15)11(20)14-6-10(18)19/h7-8H,1-6,13H2,(H,14,20)(H,16,17)(H,18,19)/t7-,8-/m0/s1. The third kappa shape index (κ3) is 5.03. The first-order valence-electron chi connectivity index (χ1n) is 6.60. The second-order valence-electron chi connectivity index (χ2n) is 4.84. The first kappa shape index (κ1) is 16.9. The largest absolute Gasteiger partial charge is 0.481 e. The number of carboxylic acids is 2. The Hall–Kier alpha value is -2.16. The van der Waals surface area contributed by atoms with Crippen molar-refractivity contribution < 1.29 is 29.4 Å². The van der Waals surface area contributed by atoms with E-state index in [2.05, 4.69) is 5.32 Å². The maximum Gasteiger partial charge on any atom is 0.322 e. The summed E-state index contributed by atoms with van der Waals surface area (Å²) in [5.41, 5.74) is 5.65. The molecule has 1 heterocycles. The normalized spacial score (nSPS) is 19.1. The number of hydrogen-bond acceptors (Lipinski definition) is 5. The van der Waals surface area contributed by atoms with E-state index in [0.717, 1.165) is 0 Å². The van der Waals surface area contributed by atoms with Crippen LogP contribution in [0.25, 0.3) is 0 Å². The van der Waals surface area contributed by atoms with Crippen LogP contribution in [0, 0.1) is 0 Å². The lowest BCUT2D eigenvalue weighted by molar-refractivity contribution is -0.141. The van der Waals surface area contributed by atoms with E-state index in [1.54, 1.807) is 0 Å². The van der Waals surface area contributed by atoms with Crippen molar-refractivity contribution in [2.75, 3.05) is 13.1 Å².